The van der Waals surface area contributed by atoms with E-state index in [1.54, 1.807) is 11.8 Å². The Morgan fingerprint density at radius 1 is 1.22 bits per heavy atom. The molecule has 1 aliphatic rings. The van der Waals surface area contributed by atoms with Gasteiger partial charge in [0, 0.05) is 0 Å². The molecule has 0 spiro atoms. The molecule has 0 unspecified atom stereocenters. The number of thiol groups is 1. The van der Waals surface area contributed by atoms with Gasteiger partial charge in [0.2, 0.25) is 0 Å². The van der Waals surface area contributed by atoms with E-state index in [4.69, 9.17) is 21.2 Å². The molecule has 0 atom stereocenters. The topological polar surface area (TPSA) is 9.23 Å². The SMILES string of the molecule is C1C[SH+]CCO1.[Cl][Hg][Cl]. The zero-order valence-corrected chi connectivity index (χ0v) is 13.1. The number of hydrogen-bond acceptors (Lipinski definition) is 1. The molecule has 0 bridgehead atoms. The van der Waals surface area contributed by atoms with Gasteiger partial charge in [-0.05, 0) is 11.8 Å². The third-order valence-corrected chi connectivity index (χ3v) is 1.79. The van der Waals surface area contributed by atoms with Crippen LogP contribution in [0.5, 0.6) is 0 Å². The molecule has 0 aliphatic carbocycles. The molecule has 5 heteroatoms. The van der Waals surface area contributed by atoms with Crippen molar-refractivity contribution < 1.29 is 26.8 Å². The van der Waals surface area contributed by atoms with Crippen LogP contribution < -0.4 is 0 Å². The molecule has 0 amide bonds. The summed E-state index contributed by atoms with van der Waals surface area (Å²) >= 11 is 0.434. The first-order valence-corrected chi connectivity index (χ1v) is 17.5. The van der Waals surface area contributed by atoms with Crippen molar-refractivity contribution in [2.75, 3.05) is 24.7 Å². The predicted molar refractivity (Wildman–Crippen MR) is 41.0 cm³/mol. The summed E-state index contributed by atoms with van der Waals surface area (Å²) in [6.07, 6.45) is 0. The van der Waals surface area contributed by atoms with E-state index in [2.05, 4.69) is 0 Å². The Morgan fingerprint density at radius 2 is 1.67 bits per heavy atom. The van der Waals surface area contributed by atoms with Crippen molar-refractivity contribution in [3.63, 3.8) is 0 Å². The summed E-state index contributed by atoms with van der Waals surface area (Å²) in [5, 5.41) is 0. The van der Waals surface area contributed by atoms with Crippen molar-refractivity contribution in [2.45, 2.75) is 0 Å². The van der Waals surface area contributed by atoms with Gasteiger partial charge in [0.15, 0.2) is 0 Å². The number of ether oxygens (including phenoxy) is 1. The second-order valence-electron chi connectivity index (χ2n) is 1.38. The van der Waals surface area contributed by atoms with Gasteiger partial charge in [-0.25, -0.2) is 0 Å². The van der Waals surface area contributed by atoms with Crippen molar-refractivity contribution in [1.82, 2.24) is 0 Å². The van der Waals surface area contributed by atoms with Gasteiger partial charge in [0.1, 0.15) is 11.5 Å². The first-order valence-electron chi connectivity index (χ1n) is 2.74. The van der Waals surface area contributed by atoms with Crippen molar-refractivity contribution >= 4 is 28.3 Å². The summed E-state index contributed by atoms with van der Waals surface area (Å²) in [5.74, 6) is 2.50. The van der Waals surface area contributed by atoms with E-state index in [1.807, 2.05) is 0 Å². The molecule has 0 saturated carbocycles. The van der Waals surface area contributed by atoms with Crippen molar-refractivity contribution in [3.05, 3.63) is 0 Å². The molecule has 1 fully saturated rings. The number of halogens is 2. The molecule has 0 aromatic rings. The predicted octanol–water partition coefficient (Wildman–Crippen LogP) is 1.21. The van der Waals surface area contributed by atoms with Crippen molar-refractivity contribution in [2.24, 2.45) is 0 Å². The number of hydrogen-bond donors (Lipinski definition) is 0. The van der Waals surface area contributed by atoms with E-state index < -0.39 is 22.1 Å². The third kappa shape index (κ3) is 9.83. The summed E-state index contributed by atoms with van der Waals surface area (Å²) in [4.78, 5) is 0. The second kappa shape index (κ2) is 9.83. The Kier molecular flexibility index (Phi) is 11.8. The molecule has 1 aliphatic heterocycles. The van der Waals surface area contributed by atoms with E-state index in [-0.39, 0.29) is 0 Å². The minimum absolute atomic E-state index is 0.988. The Morgan fingerprint density at radius 3 is 1.78 bits per heavy atom. The van der Waals surface area contributed by atoms with E-state index in [1.165, 1.54) is 11.5 Å². The molecule has 0 aromatic carbocycles. The van der Waals surface area contributed by atoms with Crippen LogP contribution in [-0.2, 0) is 38.6 Å². The zero-order chi connectivity index (χ0) is 6.95. The van der Waals surface area contributed by atoms with Gasteiger partial charge in [0.25, 0.3) is 0 Å². The van der Waals surface area contributed by atoms with Crippen LogP contribution in [0.3, 0.4) is 0 Å². The monoisotopic (exact) mass is 377 g/mol. The second-order valence-corrected chi connectivity index (χ2v) is 10.6. The molecule has 0 N–H and O–H groups in total. The van der Waals surface area contributed by atoms with Crippen LogP contribution in [-0.4, -0.2) is 24.7 Å². The summed E-state index contributed by atoms with van der Waals surface area (Å²) in [7, 11) is 9.97. The third-order valence-electron chi connectivity index (χ3n) is 0.787. The normalized spacial score (nSPS) is 17.1. The molecule has 0 radical (unpaired) electrons. The molecule has 52 valence electrons. The van der Waals surface area contributed by atoms with Crippen molar-refractivity contribution in [3.8, 4) is 0 Å². The van der Waals surface area contributed by atoms with Crippen LogP contribution in [0.1, 0.15) is 0 Å². The minimum atomic E-state index is -1.14. The molecule has 1 heterocycles. The Balaban J connectivity index is 0.000000187. The number of rotatable bonds is 0. The standard InChI is InChI=1S/C4H8OS.2ClH.Hg/c1-3-6-4-2-5-1;;;/h1-4H2;2*1H;/q;;;+2/p-1. The van der Waals surface area contributed by atoms with Crippen LogP contribution >= 0.6 is 16.5 Å². The molecular weight excluding hydrogens is 368 g/mol. The van der Waals surface area contributed by atoms with Gasteiger partial charge in [0.05, 0.1) is 13.2 Å². The first-order chi connectivity index (χ1) is 4.41. The van der Waals surface area contributed by atoms with Gasteiger partial charge in [-0.15, -0.1) is 0 Å². The Labute approximate surface area is 79.1 Å². The van der Waals surface area contributed by atoms with E-state index in [0.717, 1.165) is 13.2 Å². The molecule has 0 aromatic heterocycles. The molecule has 9 heavy (non-hydrogen) atoms. The van der Waals surface area contributed by atoms with Crippen molar-refractivity contribution in [1.29, 1.82) is 0 Å². The van der Waals surface area contributed by atoms with Crippen LogP contribution in [0.2, 0.25) is 0 Å². The Bertz CT molecular complexity index is 42.3. The Hall–Kier alpha value is 1.83. The first kappa shape index (κ1) is 10.8. The van der Waals surface area contributed by atoms with Crippen LogP contribution in [0, 0.1) is 0 Å². The molecule has 1 nitrogen and oxygen atoms in total. The van der Waals surface area contributed by atoms with Gasteiger partial charge in [-0.2, -0.15) is 0 Å². The summed E-state index contributed by atoms with van der Waals surface area (Å²) in [6, 6.07) is 0. The van der Waals surface area contributed by atoms with Gasteiger partial charge in [-0.3, -0.25) is 0 Å². The maximum atomic E-state index is 5.06. The van der Waals surface area contributed by atoms with E-state index in [0.29, 0.717) is 0 Å². The summed E-state index contributed by atoms with van der Waals surface area (Å²) < 4.78 is 5.06. The summed E-state index contributed by atoms with van der Waals surface area (Å²) in [5.41, 5.74) is 0. The fourth-order valence-corrected chi connectivity index (χ4v) is 1.21. The molecular formula is C4H9Cl2HgOS+. The molecule has 1 saturated heterocycles. The van der Waals surface area contributed by atoms with Gasteiger partial charge >= 0.3 is 38.6 Å². The fraction of sp³-hybridized carbons (Fsp3) is 1.00. The van der Waals surface area contributed by atoms with Crippen LogP contribution in [0.25, 0.3) is 0 Å². The van der Waals surface area contributed by atoms with Crippen LogP contribution in [0.15, 0.2) is 0 Å². The fourth-order valence-electron chi connectivity index (χ4n) is 0.472. The van der Waals surface area contributed by atoms with E-state index >= 15 is 0 Å². The van der Waals surface area contributed by atoms with Gasteiger partial charge < -0.3 is 4.74 Å². The zero-order valence-electron chi connectivity index (χ0n) is 5.15. The van der Waals surface area contributed by atoms with Crippen LogP contribution in [0.4, 0.5) is 0 Å². The molecule has 1 rings (SSSR count). The average Bonchev–Trinajstić information content (AvgIpc) is 1.93. The van der Waals surface area contributed by atoms with Gasteiger partial charge in [-0.1, -0.05) is 0 Å². The quantitative estimate of drug-likeness (QED) is 0.351. The summed E-state index contributed by atoms with van der Waals surface area (Å²) in [6.45, 7) is 1.98. The van der Waals surface area contributed by atoms with E-state index in [9.17, 15) is 0 Å². The average molecular weight is 377 g/mol. The maximum absolute atomic E-state index is 5.06.